The summed E-state index contributed by atoms with van der Waals surface area (Å²) >= 11 is 0. The van der Waals surface area contributed by atoms with Crippen molar-refractivity contribution in [1.82, 2.24) is 0 Å². The molecule has 0 N–H and O–H groups in total. The van der Waals surface area contributed by atoms with E-state index in [4.69, 9.17) is 10.00 Å². The van der Waals surface area contributed by atoms with E-state index in [0.717, 1.165) is 19.4 Å². The number of hydrogen-bond acceptors (Lipinski definition) is 2. The molecule has 0 bridgehead atoms. The third-order valence-electron chi connectivity index (χ3n) is 2.80. The fourth-order valence-electron chi connectivity index (χ4n) is 1.90. The Morgan fingerprint density at radius 2 is 2.38 bits per heavy atom. The minimum atomic E-state index is -0.688. The predicted molar refractivity (Wildman–Crippen MR) is 56.3 cm³/mol. The van der Waals surface area contributed by atoms with Crippen LogP contribution >= 0.6 is 0 Å². The van der Waals surface area contributed by atoms with E-state index in [1.807, 2.05) is 0 Å². The Morgan fingerprint density at radius 3 is 3.00 bits per heavy atom. The maximum Gasteiger partial charge on any atom is 0.0686 e. The molecule has 0 aromatic rings. The summed E-state index contributed by atoms with van der Waals surface area (Å²) in [6, 6.07) is 3.48. The molecule has 1 fully saturated rings. The van der Waals surface area contributed by atoms with Crippen LogP contribution < -0.4 is 0 Å². The van der Waals surface area contributed by atoms with Crippen molar-refractivity contribution in [3.63, 3.8) is 0 Å². The van der Waals surface area contributed by atoms with Gasteiger partial charge in [-0.1, -0.05) is 12.6 Å². The lowest BCUT2D eigenvalue weighted by Crippen LogP contribution is -2.33. The average molecular weight is 197 g/mol. The van der Waals surface area contributed by atoms with E-state index >= 15 is 0 Å². The number of unbranched alkanes of at least 4 members (excludes halogenated alkanes) is 1. The quantitative estimate of drug-likeness (QED) is 0.511. The first-order valence-electron chi connectivity index (χ1n) is 5.33. The first kappa shape index (κ1) is 10.7. The van der Waals surface area contributed by atoms with Crippen LogP contribution in [0.4, 0.5) is 0 Å². The fraction of sp³-hybridized carbons (Fsp3) is 0.900. The van der Waals surface area contributed by atoms with Gasteiger partial charge in [-0.05, 0) is 25.7 Å². The molecular formula is C10H19NOSi. The third kappa shape index (κ3) is 3.92. The summed E-state index contributed by atoms with van der Waals surface area (Å²) < 4.78 is 5.75. The van der Waals surface area contributed by atoms with Gasteiger partial charge < -0.3 is 4.74 Å². The number of hydrogen-bond donors (Lipinski definition) is 0. The predicted octanol–water partition coefficient (Wildman–Crippen LogP) is 2.26. The Morgan fingerprint density at radius 1 is 1.54 bits per heavy atom. The van der Waals surface area contributed by atoms with Crippen LogP contribution in [0.25, 0.3) is 0 Å². The van der Waals surface area contributed by atoms with Gasteiger partial charge in [0, 0.05) is 18.8 Å². The van der Waals surface area contributed by atoms with Gasteiger partial charge in [0.25, 0.3) is 0 Å². The van der Waals surface area contributed by atoms with Crippen LogP contribution in [0.2, 0.25) is 12.6 Å². The second kappa shape index (κ2) is 6.17. The lowest BCUT2D eigenvalue weighted by atomic mass is 10.2. The maximum absolute atomic E-state index is 8.42. The fourth-order valence-corrected chi connectivity index (χ4v) is 4.39. The van der Waals surface area contributed by atoms with E-state index in [9.17, 15) is 0 Å². The van der Waals surface area contributed by atoms with Gasteiger partial charge in [0.1, 0.15) is 0 Å². The van der Waals surface area contributed by atoms with Gasteiger partial charge in [-0.25, -0.2) is 0 Å². The Bertz CT molecular complexity index is 172. The topological polar surface area (TPSA) is 33.0 Å². The molecule has 0 amide bonds. The Labute approximate surface area is 82.5 Å². The summed E-state index contributed by atoms with van der Waals surface area (Å²) in [6.45, 7) is 3.35. The van der Waals surface area contributed by atoms with Crippen LogP contribution in [0.3, 0.4) is 0 Å². The third-order valence-corrected chi connectivity index (χ3v) is 5.91. The second-order valence-corrected chi connectivity index (χ2v) is 7.21. The van der Waals surface area contributed by atoms with E-state index < -0.39 is 8.80 Å². The van der Waals surface area contributed by atoms with Crippen molar-refractivity contribution < 1.29 is 4.74 Å². The molecule has 3 heteroatoms. The van der Waals surface area contributed by atoms with Crippen molar-refractivity contribution >= 4 is 8.80 Å². The second-order valence-electron chi connectivity index (χ2n) is 3.93. The summed E-state index contributed by atoms with van der Waals surface area (Å²) in [5.74, 6) is 0. The first-order chi connectivity index (χ1) is 6.34. The normalized spacial score (nSPS) is 25.1. The van der Waals surface area contributed by atoms with Crippen molar-refractivity contribution in [3.8, 4) is 6.07 Å². The number of nitrogens with zero attached hydrogens (tertiary/aromatic N) is 1. The molecule has 1 heterocycles. The molecule has 2 atom stereocenters. The molecule has 1 aliphatic heterocycles. The summed E-state index contributed by atoms with van der Waals surface area (Å²) in [4.78, 5) is 0. The van der Waals surface area contributed by atoms with Gasteiger partial charge >= 0.3 is 0 Å². The summed E-state index contributed by atoms with van der Waals surface area (Å²) in [5, 5.41) is 8.42. The van der Waals surface area contributed by atoms with Crippen LogP contribution in [0.1, 0.15) is 32.1 Å². The lowest BCUT2D eigenvalue weighted by molar-refractivity contribution is 0.0625. The molecule has 13 heavy (non-hydrogen) atoms. The van der Waals surface area contributed by atoms with E-state index in [0.29, 0.717) is 5.73 Å². The van der Waals surface area contributed by atoms with Crippen LogP contribution in [-0.4, -0.2) is 21.1 Å². The van der Waals surface area contributed by atoms with Gasteiger partial charge in [-0.15, -0.1) is 0 Å². The van der Waals surface area contributed by atoms with Crippen LogP contribution in [0.5, 0.6) is 0 Å². The average Bonchev–Trinajstić information content (AvgIpc) is 2.19. The Balaban J connectivity index is 2.14. The van der Waals surface area contributed by atoms with E-state index in [2.05, 4.69) is 12.6 Å². The van der Waals surface area contributed by atoms with Crippen LogP contribution in [0.15, 0.2) is 0 Å². The molecule has 0 aliphatic carbocycles. The highest BCUT2D eigenvalue weighted by Gasteiger charge is 2.21. The van der Waals surface area contributed by atoms with Gasteiger partial charge in [-0.3, -0.25) is 0 Å². The smallest absolute Gasteiger partial charge is 0.0686 e. The minimum Gasteiger partial charge on any atom is -0.382 e. The molecule has 1 saturated heterocycles. The number of rotatable bonds is 4. The van der Waals surface area contributed by atoms with Crippen LogP contribution in [0, 0.1) is 11.3 Å². The molecule has 0 saturated carbocycles. The summed E-state index contributed by atoms with van der Waals surface area (Å²) in [7, 11) is -0.688. The number of nitriles is 1. The largest absolute Gasteiger partial charge is 0.382 e. The summed E-state index contributed by atoms with van der Waals surface area (Å²) in [6.07, 6.45) is 5.68. The zero-order valence-electron chi connectivity index (χ0n) is 8.46. The monoisotopic (exact) mass is 197 g/mol. The highest BCUT2D eigenvalue weighted by molar-refractivity contribution is 6.58. The molecule has 0 aromatic heterocycles. The lowest BCUT2D eigenvalue weighted by Gasteiger charge is -2.27. The molecule has 0 spiro atoms. The maximum atomic E-state index is 8.42. The Kier molecular flexibility index (Phi) is 5.10. The molecule has 1 rings (SSSR count). The molecule has 2 nitrogen and oxygen atoms in total. The van der Waals surface area contributed by atoms with Crippen molar-refractivity contribution in [2.24, 2.45) is 0 Å². The van der Waals surface area contributed by atoms with E-state index in [1.54, 1.807) is 0 Å². The molecule has 0 aromatic carbocycles. The summed E-state index contributed by atoms with van der Waals surface area (Å²) in [5.41, 5.74) is 0.604. The Hall–Kier alpha value is -0.333. The molecular weight excluding hydrogens is 178 g/mol. The minimum absolute atomic E-state index is 0.604. The van der Waals surface area contributed by atoms with Gasteiger partial charge in [0.15, 0.2) is 0 Å². The molecule has 2 unspecified atom stereocenters. The molecule has 74 valence electrons. The molecule has 1 aliphatic rings. The van der Waals surface area contributed by atoms with Crippen molar-refractivity contribution in [2.45, 2.75) is 50.4 Å². The zero-order valence-corrected chi connectivity index (χ0v) is 9.61. The number of ether oxygens (including phenoxy) is 1. The van der Waals surface area contributed by atoms with Gasteiger partial charge in [-0.2, -0.15) is 5.26 Å². The van der Waals surface area contributed by atoms with E-state index in [-0.39, 0.29) is 0 Å². The van der Waals surface area contributed by atoms with Crippen molar-refractivity contribution in [1.29, 1.82) is 5.26 Å². The highest BCUT2D eigenvalue weighted by atomic mass is 28.3. The SMILES string of the molecule is C[SiH](CCCC#N)C1CCCCO1. The zero-order chi connectivity index (χ0) is 9.52. The van der Waals surface area contributed by atoms with Gasteiger partial charge in [0.05, 0.1) is 14.9 Å². The van der Waals surface area contributed by atoms with Crippen molar-refractivity contribution in [3.05, 3.63) is 0 Å². The standard InChI is InChI=1S/C10H19NOSi/c1-13(9-5-3-7-11)10-6-2-4-8-12-10/h10,13H,2-6,8-9H2,1H3. The van der Waals surface area contributed by atoms with Gasteiger partial charge in [0.2, 0.25) is 0 Å². The highest BCUT2D eigenvalue weighted by Crippen LogP contribution is 2.18. The molecule has 0 radical (unpaired) electrons. The van der Waals surface area contributed by atoms with Crippen molar-refractivity contribution in [2.75, 3.05) is 6.61 Å². The first-order valence-corrected chi connectivity index (χ1v) is 7.97. The van der Waals surface area contributed by atoms with E-state index in [1.165, 1.54) is 25.3 Å². The van der Waals surface area contributed by atoms with Crippen LogP contribution in [-0.2, 0) is 4.74 Å².